The van der Waals surface area contributed by atoms with Crippen LogP contribution < -0.4 is 5.48 Å². The lowest BCUT2D eigenvalue weighted by Gasteiger charge is -2.23. The standard InChI is InChI=1S/C18H22IN5O8/c1-5-29-23-15-12-16(22-18(19)21-15)24(7-20-12)17-14(31-10(4)27)13(30-9(3)26)11(32-17)6-28-8(2)25/h7,11,13-14,17H,5-6H2,1-4H3,(H,21,22,23). The molecule has 3 heterocycles. The van der Waals surface area contributed by atoms with E-state index in [2.05, 4.69) is 20.4 Å². The van der Waals surface area contributed by atoms with E-state index in [1.165, 1.54) is 31.7 Å². The van der Waals surface area contributed by atoms with Gasteiger partial charge in [0.05, 0.1) is 12.9 Å². The summed E-state index contributed by atoms with van der Waals surface area (Å²) in [6.07, 6.45) is -2.51. The number of carbonyl (C=O) groups is 3. The maximum Gasteiger partial charge on any atom is 0.303 e. The van der Waals surface area contributed by atoms with Crippen LogP contribution in [0.25, 0.3) is 11.2 Å². The van der Waals surface area contributed by atoms with Crippen molar-refractivity contribution >= 4 is 57.5 Å². The van der Waals surface area contributed by atoms with Gasteiger partial charge in [-0.15, -0.1) is 0 Å². The topological polar surface area (TPSA) is 153 Å². The van der Waals surface area contributed by atoms with Crippen LogP contribution in [-0.2, 0) is 38.2 Å². The third-order valence-corrected chi connectivity index (χ3v) is 4.80. The number of halogens is 1. The van der Waals surface area contributed by atoms with E-state index in [1.54, 1.807) is 0 Å². The zero-order chi connectivity index (χ0) is 23.4. The summed E-state index contributed by atoms with van der Waals surface area (Å²) in [4.78, 5) is 53.1. The summed E-state index contributed by atoms with van der Waals surface area (Å²) >= 11 is 1.94. The van der Waals surface area contributed by atoms with Gasteiger partial charge in [0.25, 0.3) is 0 Å². The number of rotatable bonds is 8. The minimum Gasteiger partial charge on any atom is -0.463 e. The van der Waals surface area contributed by atoms with Crippen molar-refractivity contribution in [1.82, 2.24) is 19.5 Å². The molecule has 32 heavy (non-hydrogen) atoms. The summed E-state index contributed by atoms with van der Waals surface area (Å²) in [6, 6.07) is 0. The Balaban J connectivity index is 2.04. The van der Waals surface area contributed by atoms with E-state index in [-0.39, 0.29) is 6.61 Å². The van der Waals surface area contributed by atoms with E-state index < -0.39 is 42.4 Å². The minimum absolute atomic E-state index is 0.210. The highest BCUT2D eigenvalue weighted by molar-refractivity contribution is 14.1. The van der Waals surface area contributed by atoms with Crippen molar-refractivity contribution in [2.75, 3.05) is 18.7 Å². The van der Waals surface area contributed by atoms with Crippen molar-refractivity contribution in [3.8, 4) is 0 Å². The maximum atomic E-state index is 11.8. The molecule has 14 heteroatoms. The highest BCUT2D eigenvalue weighted by Crippen LogP contribution is 2.36. The first-order chi connectivity index (χ1) is 15.2. The fraction of sp³-hybridized carbons (Fsp3) is 0.556. The van der Waals surface area contributed by atoms with E-state index in [4.69, 9.17) is 23.8 Å². The number of hydrogen-bond acceptors (Lipinski definition) is 12. The Kier molecular flexibility index (Phi) is 7.78. The Morgan fingerprint density at radius 1 is 1.12 bits per heavy atom. The number of hydrogen-bond donors (Lipinski definition) is 1. The minimum atomic E-state index is -1.05. The van der Waals surface area contributed by atoms with Gasteiger partial charge in [0, 0.05) is 43.4 Å². The van der Waals surface area contributed by atoms with Gasteiger partial charge in [0.1, 0.15) is 12.7 Å². The number of carbonyl (C=O) groups excluding carboxylic acids is 3. The first-order valence-corrected chi connectivity index (χ1v) is 10.7. The van der Waals surface area contributed by atoms with Crippen molar-refractivity contribution in [2.45, 2.75) is 52.2 Å². The molecule has 1 aliphatic heterocycles. The average molecular weight is 563 g/mol. The van der Waals surface area contributed by atoms with E-state index >= 15 is 0 Å². The molecule has 3 rings (SSSR count). The van der Waals surface area contributed by atoms with Crippen molar-refractivity contribution in [2.24, 2.45) is 0 Å². The van der Waals surface area contributed by atoms with E-state index in [1.807, 2.05) is 29.5 Å². The molecule has 4 atom stereocenters. The van der Waals surface area contributed by atoms with Crippen LogP contribution in [0, 0.1) is 3.83 Å². The number of aromatic nitrogens is 4. The first-order valence-electron chi connectivity index (χ1n) is 9.62. The van der Waals surface area contributed by atoms with Gasteiger partial charge in [0.15, 0.2) is 39.2 Å². The Morgan fingerprint density at radius 3 is 2.44 bits per heavy atom. The van der Waals surface area contributed by atoms with Crippen LogP contribution in [0.15, 0.2) is 6.33 Å². The Labute approximate surface area is 196 Å². The number of ether oxygens (including phenoxy) is 4. The largest absolute Gasteiger partial charge is 0.463 e. The number of anilines is 1. The normalized spacial score (nSPS) is 22.5. The summed E-state index contributed by atoms with van der Waals surface area (Å²) in [5.41, 5.74) is 3.47. The third kappa shape index (κ3) is 5.42. The predicted octanol–water partition coefficient (Wildman–Crippen LogP) is 1.12. The first kappa shape index (κ1) is 24.1. The number of esters is 3. The Hall–Kier alpha value is -2.59. The highest BCUT2D eigenvalue weighted by atomic mass is 127. The van der Waals surface area contributed by atoms with Crippen molar-refractivity contribution in [3.63, 3.8) is 0 Å². The monoisotopic (exact) mass is 563 g/mol. The summed E-state index contributed by atoms with van der Waals surface area (Å²) in [5.74, 6) is -1.42. The summed E-state index contributed by atoms with van der Waals surface area (Å²) in [6.45, 7) is 5.68. The van der Waals surface area contributed by atoms with Crippen LogP contribution in [0.1, 0.15) is 33.9 Å². The molecule has 0 amide bonds. The molecular weight excluding hydrogens is 541 g/mol. The molecule has 0 bridgehead atoms. The van der Waals surface area contributed by atoms with Gasteiger partial charge < -0.3 is 18.9 Å². The summed E-state index contributed by atoms with van der Waals surface area (Å²) in [5, 5.41) is 0. The molecule has 0 saturated carbocycles. The van der Waals surface area contributed by atoms with Gasteiger partial charge in [-0.3, -0.25) is 23.8 Å². The SMILES string of the molecule is CCONc1nc(I)nc2c1ncn2C1OC(COC(C)=O)C(OC(C)=O)C1OC(C)=O. The summed E-state index contributed by atoms with van der Waals surface area (Å²) < 4.78 is 23.8. The third-order valence-electron chi connectivity index (χ3n) is 4.32. The second-order valence-corrected chi connectivity index (χ2v) is 7.68. The van der Waals surface area contributed by atoms with E-state index in [9.17, 15) is 14.4 Å². The quantitative estimate of drug-likeness (QED) is 0.161. The van der Waals surface area contributed by atoms with E-state index in [0.29, 0.717) is 27.4 Å². The van der Waals surface area contributed by atoms with Crippen LogP contribution in [-0.4, -0.2) is 69.0 Å². The van der Waals surface area contributed by atoms with Gasteiger partial charge in [-0.05, 0) is 6.92 Å². The number of fused-ring (bicyclic) bond motifs is 1. The molecule has 0 spiro atoms. The molecule has 1 N–H and O–H groups in total. The van der Waals surface area contributed by atoms with Gasteiger partial charge in [-0.1, -0.05) is 0 Å². The molecule has 4 unspecified atom stereocenters. The van der Waals surface area contributed by atoms with Crippen molar-refractivity contribution < 1.29 is 38.2 Å². The predicted molar refractivity (Wildman–Crippen MR) is 115 cm³/mol. The van der Waals surface area contributed by atoms with Crippen LogP contribution in [0.2, 0.25) is 0 Å². The molecule has 2 aromatic rings. The Morgan fingerprint density at radius 2 is 1.81 bits per heavy atom. The van der Waals surface area contributed by atoms with Crippen molar-refractivity contribution in [1.29, 1.82) is 0 Å². The lowest BCUT2D eigenvalue weighted by Crippen LogP contribution is -2.40. The number of imidazole rings is 1. The number of nitrogens with one attached hydrogen (secondary N) is 1. The highest BCUT2D eigenvalue weighted by Gasteiger charge is 2.51. The van der Waals surface area contributed by atoms with Gasteiger partial charge in [-0.25, -0.2) is 20.4 Å². The fourth-order valence-electron chi connectivity index (χ4n) is 3.20. The molecule has 1 fully saturated rings. The smallest absolute Gasteiger partial charge is 0.303 e. The Bertz CT molecular complexity index is 1010. The average Bonchev–Trinajstić information content (AvgIpc) is 3.25. The van der Waals surface area contributed by atoms with Crippen LogP contribution in [0.3, 0.4) is 0 Å². The zero-order valence-electron chi connectivity index (χ0n) is 17.7. The molecule has 174 valence electrons. The molecule has 0 aromatic carbocycles. The molecule has 1 aliphatic rings. The molecule has 0 aliphatic carbocycles. The fourth-order valence-corrected chi connectivity index (χ4v) is 3.67. The van der Waals surface area contributed by atoms with E-state index in [0.717, 1.165) is 0 Å². The van der Waals surface area contributed by atoms with Crippen LogP contribution >= 0.6 is 22.6 Å². The lowest BCUT2D eigenvalue weighted by molar-refractivity contribution is -0.166. The van der Waals surface area contributed by atoms with Crippen molar-refractivity contribution in [3.05, 3.63) is 10.2 Å². The van der Waals surface area contributed by atoms with Gasteiger partial charge in [-0.2, -0.15) is 0 Å². The zero-order valence-corrected chi connectivity index (χ0v) is 19.9. The second kappa shape index (κ2) is 10.4. The van der Waals surface area contributed by atoms with Gasteiger partial charge >= 0.3 is 17.9 Å². The van der Waals surface area contributed by atoms with Gasteiger partial charge in [0.2, 0.25) is 0 Å². The number of nitrogens with zero attached hydrogens (tertiary/aromatic N) is 4. The molecule has 13 nitrogen and oxygen atoms in total. The second-order valence-electron chi connectivity index (χ2n) is 6.72. The molecule has 2 aromatic heterocycles. The molecular formula is C18H22IN5O8. The maximum absolute atomic E-state index is 11.8. The lowest BCUT2D eigenvalue weighted by atomic mass is 10.1. The molecule has 1 saturated heterocycles. The summed E-state index contributed by atoms with van der Waals surface area (Å²) in [7, 11) is 0. The van der Waals surface area contributed by atoms with Crippen LogP contribution in [0.4, 0.5) is 5.82 Å². The van der Waals surface area contributed by atoms with Crippen LogP contribution in [0.5, 0.6) is 0 Å². The molecule has 0 radical (unpaired) electrons.